The van der Waals surface area contributed by atoms with E-state index in [0.29, 0.717) is 23.1 Å². The minimum Gasteiger partial charge on any atom is -0.380 e. The number of hydrogen-bond donors (Lipinski definition) is 0. The van der Waals surface area contributed by atoms with Gasteiger partial charge in [0.2, 0.25) is 0 Å². The van der Waals surface area contributed by atoms with Crippen molar-refractivity contribution in [3.05, 3.63) is 118 Å². The van der Waals surface area contributed by atoms with E-state index in [9.17, 15) is 17.6 Å². The summed E-state index contributed by atoms with van der Waals surface area (Å²) >= 11 is 0. The number of hydrogen-bond acceptors (Lipinski definition) is 1. The number of rotatable bonds is 2. The van der Waals surface area contributed by atoms with E-state index < -0.39 is 28.8 Å². The summed E-state index contributed by atoms with van der Waals surface area (Å²) in [4.78, 5) is 0. The molecule has 4 aromatic rings. The second kappa shape index (κ2) is 9.61. The van der Waals surface area contributed by atoms with Crippen molar-refractivity contribution in [2.45, 2.75) is 6.61 Å². The Labute approximate surface area is 188 Å². The van der Waals surface area contributed by atoms with Crippen LogP contribution in [-0.4, -0.2) is 7.11 Å². The first-order valence-corrected chi connectivity index (χ1v) is 9.93. The third kappa shape index (κ3) is 5.06. The van der Waals surface area contributed by atoms with Crippen LogP contribution in [-0.2, 0) is 11.3 Å². The standard InChI is InChI=1S/C28H16F4O/c1-33-17-20-5-2-18(3-6-20)4-7-21-15-26(30)24(27(31)16-21)12-9-19-8-11-23-22(14-19)10-13-25(29)28(23)32/h2-3,5-6,8,10-11,13-16H,17H2,1H3. The fourth-order valence-electron chi connectivity index (χ4n) is 3.24. The lowest BCUT2D eigenvalue weighted by molar-refractivity contribution is 0.185. The van der Waals surface area contributed by atoms with Crippen LogP contribution < -0.4 is 0 Å². The molecule has 0 aliphatic carbocycles. The molecule has 0 N–H and O–H groups in total. The second-order valence-electron chi connectivity index (χ2n) is 7.24. The number of fused-ring (bicyclic) bond motifs is 1. The van der Waals surface area contributed by atoms with Crippen LogP contribution in [0.5, 0.6) is 0 Å². The van der Waals surface area contributed by atoms with Crippen molar-refractivity contribution >= 4 is 10.8 Å². The summed E-state index contributed by atoms with van der Waals surface area (Å²) in [5.41, 5.74) is 1.89. The molecule has 0 heterocycles. The first kappa shape index (κ1) is 22.1. The van der Waals surface area contributed by atoms with Gasteiger partial charge in [-0.2, -0.15) is 0 Å². The van der Waals surface area contributed by atoms with Crippen LogP contribution in [0.15, 0.2) is 66.7 Å². The molecule has 162 valence electrons. The van der Waals surface area contributed by atoms with E-state index in [1.807, 2.05) is 12.1 Å². The van der Waals surface area contributed by atoms with Gasteiger partial charge in [0.1, 0.15) is 11.6 Å². The zero-order chi connectivity index (χ0) is 23.4. The van der Waals surface area contributed by atoms with E-state index >= 15 is 0 Å². The summed E-state index contributed by atoms with van der Waals surface area (Å²) in [5.74, 6) is 7.19. The molecule has 4 rings (SSSR count). The SMILES string of the molecule is COCc1ccc(C#Cc2cc(F)c(C#Cc3ccc4c(F)c(F)ccc4c3)c(F)c2)cc1. The van der Waals surface area contributed by atoms with Gasteiger partial charge in [0.05, 0.1) is 12.2 Å². The zero-order valence-corrected chi connectivity index (χ0v) is 17.5. The molecule has 33 heavy (non-hydrogen) atoms. The molecule has 0 radical (unpaired) electrons. The van der Waals surface area contributed by atoms with Gasteiger partial charge in [0.15, 0.2) is 11.6 Å². The lowest BCUT2D eigenvalue weighted by atomic mass is 10.1. The van der Waals surface area contributed by atoms with Gasteiger partial charge in [-0.3, -0.25) is 0 Å². The van der Waals surface area contributed by atoms with Crippen LogP contribution in [0.25, 0.3) is 10.8 Å². The Hall–Kier alpha value is -4.06. The number of ether oxygens (including phenoxy) is 1. The predicted octanol–water partition coefficient (Wildman–Crippen LogP) is 6.34. The number of benzene rings is 4. The summed E-state index contributed by atoms with van der Waals surface area (Å²) in [6.07, 6.45) is 0. The molecular weight excluding hydrogens is 428 g/mol. The van der Waals surface area contributed by atoms with E-state index in [1.54, 1.807) is 19.2 Å². The van der Waals surface area contributed by atoms with E-state index in [0.717, 1.165) is 23.8 Å². The van der Waals surface area contributed by atoms with Gasteiger partial charge in [0.25, 0.3) is 0 Å². The van der Waals surface area contributed by atoms with Crippen molar-refractivity contribution in [3.63, 3.8) is 0 Å². The van der Waals surface area contributed by atoms with E-state index in [2.05, 4.69) is 23.7 Å². The average molecular weight is 444 g/mol. The van der Waals surface area contributed by atoms with E-state index in [1.165, 1.54) is 24.3 Å². The molecule has 0 atom stereocenters. The predicted molar refractivity (Wildman–Crippen MR) is 119 cm³/mol. The average Bonchev–Trinajstić information content (AvgIpc) is 2.81. The van der Waals surface area contributed by atoms with Crippen molar-refractivity contribution < 1.29 is 22.3 Å². The molecule has 0 aromatic heterocycles. The van der Waals surface area contributed by atoms with Gasteiger partial charge in [-0.15, -0.1) is 0 Å². The van der Waals surface area contributed by atoms with Gasteiger partial charge in [-0.1, -0.05) is 47.9 Å². The van der Waals surface area contributed by atoms with Gasteiger partial charge >= 0.3 is 0 Å². The maximum atomic E-state index is 14.5. The Morgan fingerprint density at radius 1 is 0.636 bits per heavy atom. The van der Waals surface area contributed by atoms with E-state index in [4.69, 9.17) is 4.74 Å². The first-order valence-electron chi connectivity index (χ1n) is 9.93. The summed E-state index contributed by atoms with van der Waals surface area (Å²) in [5, 5.41) is 0.539. The highest BCUT2D eigenvalue weighted by Crippen LogP contribution is 2.22. The summed E-state index contributed by atoms with van der Waals surface area (Å²) in [6.45, 7) is 0.487. The molecule has 5 heteroatoms. The third-order valence-corrected chi connectivity index (χ3v) is 4.90. The molecule has 4 aromatic carbocycles. The first-order chi connectivity index (χ1) is 15.9. The van der Waals surface area contributed by atoms with Crippen molar-refractivity contribution in [2.75, 3.05) is 7.11 Å². The minimum atomic E-state index is -0.952. The van der Waals surface area contributed by atoms with Crippen LogP contribution in [0, 0.1) is 47.0 Å². The van der Waals surface area contributed by atoms with Crippen LogP contribution >= 0.6 is 0 Å². The highest BCUT2D eigenvalue weighted by atomic mass is 19.2. The number of halogens is 4. The molecule has 0 saturated carbocycles. The Morgan fingerprint density at radius 3 is 1.97 bits per heavy atom. The van der Waals surface area contributed by atoms with Crippen molar-refractivity contribution in [1.82, 2.24) is 0 Å². The Kier molecular flexibility index (Phi) is 6.45. The smallest absolute Gasteiger partial charge is 0.166 e. The van der Waals surface area contributed by atoms with E-state index in [-0.39, 0.29) is 10.9 Å². The van der Waals surface area contributed by atoms with Gasteiger partial charge in [-0.25, -0.2) is 17.6 Å². The zero-order valence-electron chi connectivity index (χ0n) is 17.5. The lowest BCUT2D eigenvalue weighted by Gasteiger charge is -2.02. The minimum absolute atomic E-state index is 0.106. The Morgan fingerprint density at radius 2 is 1.27 bits per heavy atom. The summed E-state index contributed by atoms with van der Waals surface area (Å²) in [6, 6.07) is 16.4. The molecule has 0 aliphatic heterocycles. The maximum Gasteiger partial charge on any atom is 0.166 e. The molecular formula is C28H16F4O. The van der Waals surface area contributed by atoms with Crippen LogP contribution in [0.3, 0.4) is 0 Å². The molecule has 0 aliphatic rings. The van der Waals surface area contributed by atoms with Crippen LogP contribution in [0.2, 0.25) is 0 Å². The van der Waals surface area contributed by atoms with Gasteiger partial charge < -0.3 is 4.74 Å². The maximum absolute atomic E-state index is 14.5. The molecule has 0 unspecified atom stereocenters. The topological polar surface area (TPSA) is 9.23 Å². The lowest BCUT2D eigenvalue weighted by Crippen LogP contribution is -1.93. The van der Waals surface area contributed by atoms with Crippen LogP contribution in [0.4, 0.5) is 17.6 Å². The summed E-state index contributed by atoms with van der Waals surface area (Å²) < 4.78 is 61.2. The molecule has 0 bridgehead atoms. The fourth-order valence-corrected chi connectivity index (χ4v) is 3.24. The largest absolute Gasteiger partial charge is 0.380 e. The van der Waals surface area contributed by atoms with Crippen molar-refractivity contribution in [1.29, 1.82) is 0 Å². The van der Waals surface area contributed by atoms with Crippen LogP contribution in [0.1, 0.15) is 27.8 Å². The molecule has 0 spiro atoms. The summed E-state index contributed by atoms with van der Waals surface area (Å²) in [7, 11) is 1.61. The molecule has 1 nitrogen and oxygen atoms in total. The van der Waals surface area contributed by atoms with Crippen molar-refractivity contribution in [3.8, 4) is 23.7 Å². The molecule has 0 amide bonds. The number of methoxy groups -OCH3 is 1. The highest BCUT2D eigenvalue weighted by molar-refractivity contribution is 5.84. The monoisotopic (exact) mass is 444 g/mol. The Bertz CT molecular complexity index is 1440. The van der Waals surface area contributed by atoms with Gasteiger partial charge in [-0.05, 0) is 53.4 Å². The van der Waals surface area contributed by atoms with Gasteiger partial charge in [0, 0.05) is 29.2 Å². The molecule has 0 saturated heterocycles. The highest BCUT2D eigenvalue weighted by Gasteiger charge is 2.09. The quantitative estimate of drug-likeness (QED) is 0.259. The third-order valence-electron chi connectivity index (χ3n) is 4.90. The Balaban J connectivity index is 1.58. The van der Waals surface area contributed by atoms with Crippen molar-refractivity contribution in [2.24, 2.45) is 0 Å². The second-order valence-corrected chi connectivity index (χ2v) is 7.24. The fraction of sp³-hybridized carbons (Fsp3) is 0.0714. The normalized spacial score (nSPS) is 10.3. The molecule has 0 fully saturated rings.